The number of imidazole rings is 1. The van der Waals surface area contributed by atoms with Gasteiger partial charge in [-0.05, 0) is 0 Å². The number of nitrogens with zero attached hydrogens (tertiary/aromatic N) is 1. The first-order chi connectivity index (χ1) is 8.51. The van der Waals surface area contributed by atoms with Gasteiger partial charge in [0.15, 0.2) is 23.3 Å². The first-order valence-electron chi connectivity index (χ1n) is 4.79. The number of rotatable bonds is 2. The number of aromatic amines is 1. The van der Waals surface area contributed by atoms with Crippen molar-refractivity contribution < 1.29 is 23.0 Å². The topological polar surface area (TPSA) is 90.2 Å². The highest BCUT2D eigenvalue weighted by Gasteiger charge is 2.28. The average molecular weight is 257 g/mol. The number of benzene rings is 1. The van der Waals surface area contributed by atoms with Gasteiger partial charge in [0, 0.05) is 0 Å². The zero-order chi connectivity index (χ0) is 13.4. The molecule has 2 aromatic rings. The van der Waals surface area contributed by atoms with Crippen LogP contribution in [-0.4, -0.2) is 30.2 Å². The van der Waals surface area contributed by atoms with Crippen LogP contribution in [0.3, 0.4) is 0 Å². The molecule has 0 amide bonds. The molecule has 0 saturated heterocycles. The van der Waals surface area contributed by atoms with Gasteiger partial charge in [0.1, 0.15) is 16.6 Å². The molecule has 1 aromatic carbocycles. The third-order valence-electron chi connectivity index (χ3n) is 2.39. The minimum atomic E-state index is -1.18. The number of carbonyl (C=O) groups excluding carboxylic acids is 1. The van der Waals surface area contributed by atoms with E-state index in [0.717, 1.165) is 14.2 Å². The maximum absolute atomic E-state index is 13.9. The summed E-state index contributed by atoms with van der Waals surface area (Å²) >= 11 is 0. The number of anilines is 1. The van der Waals surface area contributed by atoms with Crippen molar-refractivity contribution in [3.05, 3.63) is 17.2 Å². The minimum Gasteiger partial charge on any atom is -0.491 e. The van der Waals surface area contributed by atoms with Gasteiger partial charge in [-0.25, -0.2) is 18.6 Å². The molecule has 0 unspecified atom stereocenters. The maximum atomic E-state index is 13.9. The molecular weight excluding hydrogens is 248 g/mol. The fourth-order valence-electron chi connectivity index (χ4n) is 1.63. The van der Waals surface area contributed by atoms with Gasteiger partial charge in [-0.1, -0.05) is 0 Å². The number of methoxy groups -OCH3 is 2. The number of ether oxygens (including phenoxy) is 2. The third-order valence-corrected chi connectivity index (χ3v) is 2.39. The summed E-state index contributed by atoms with van der Waals surface area (Å²) in [7, 11) is 2.15. The highest BCUT2D eigenvalue weighted by molar-refractivity contribution is 6.03. The number of hydrogen-bond acceptors (Lipinski definition) is 5. The largest absolute Gasteiger partial charge is 0.491 e. The molecule has 0 saturated carbocycles. The minimum absolute atomic E-state index is 0.151. The molecule has 0 fully saturated rings. The number of hydrogen-bond donors (Lipinski definition) is 2. The molecule has 3 N–H and O–H groups in total. The lowest BCUT2D eigenvalue weighted by atomic mass is 10.1. The molecule has 0 aliphatic carbocycles. The Bertz CT molecular complexity index is 639. The number of nitrogens with two attached hydrogens (primary N) is 1. The molecule has 0 spiro atoms. The van der Waals surface area contributed by atoms with Crippen molar-refractivity contribution >= 4 is 23.0 Å². The van der Waals surface area contributed by atoms with Gasteiger partial charge in [-0.2, -0.15) is 0 Å². The van der Waals surface area contributed by atoms with E-state index in [9.17, 15) is 13.6 Å². The normalized spacial score (nSPS) is 10.7. The van der Waals surface area contributed by atoms with E-state index in [2.05, 4.69) is 19.4 Å². The summed E-state index contributed by atoms with van der Waals surface area (Å²) in [6.07, 6.45) is 0. The van der Waals surface area contributed by atoms with E-state index < -0.39 is 28.9 Å². The standard InChI is InChI=1S/C10H9F2N3O3/c1-17-8-4(11)3(9(16)18-2)6-7(5(8)12)15-10(13)14-6/h1-2H3,(H3,13,14,15). The molecular formula is C10H9F2N3O3. The Hall–Kier alpha value is -2.38. The van der Waals surface area contributed by atoms with Gasteiger partial charge in [0.05, 0.1) is 14.2 Å². The zero-order valence-corrected chi connectivity index (χ0v) is 9.51. The van der Waals surface area contributed by atoms with E-state index in [1.54, 1.807) is 0 Å². The molecule has 8 heteroatoms. The van der Waals surface area contributed by atoms with Crippen LogP contribution in [0.2, 0.25) is 0 Å². The second kappa shape index (κ2) is 4.13. The van der Waals surface area contributed by atoms with Crippen molar-refractivity contribution in [3.8, 4) is 5.75 Å². The highest BCUT2D eigenvalue weighted by atomic mass is 19.1. The summed E-state index contributed by atoms with van der Waals surface area (Å²) in [5, 5.41) is 0. The van der Waals surface area contributed by atoms with Crippen LogP contribution in [0.1, 0.15) is 10.4 Å². The van der Waals surface area contributed by atoms with Crippen molar-refractivity contribution in [1.29, 1.82) is 0 Å². The molecule has 96 valence electrons. The van der Waals surface area contributed by atoms with Crippen molar-refractivity contribution in [2.45, 2.75) is 0 Å². The fourth-order valence-corrected chi connectivity index (χ4v) is 1.63. The smallest absolute Gasteiger partial charge is 0.343 e. The number of carbonyl (C=O) groups is 1. The second-order valence-electron chi connectivity index (χ2n) is 3.37. The van der Waals surface area contributed by atoms with Crippen molar-refractivity contribution in [2.75, 3.05) is 20.0 Å². The Morgan fingerprint density at radius 2 is 2.00 bits per heavy atom. The van der Waals surface area contributed by atoms with E-state index >= 15 is 0 Å². The molecule has 1 heterocycles. The second-order valence-corrected chi connectivity index (χ2v) is 3.37. The molecule has 0 aliphatic rings. The summed E-state index contributed by atoms with van der Waals surface area (Å²) in [4.78, 5) is 17.6. The Morgan fingerprint density at radius 1 is 1.33 bits per heavy atom. The Labute approximate surface area is 99.7 Å². The van der Waals surface area contributed by atoms with E-state index in [0.29, 0.717) is 0 Å². The predicted molar refractivity (Wildman–Crippen MR) is 58.3 cm³/mol. The summed E-state index contributed by atoms with van der Waals surface area (Å²) in [5.74, 6) is -4.04. The molecule has 0 bridgehead atoms. The van der Waals surface area contributed by atoms with Gasteiger partial charge in [-0.15, -0.1) is 0 Å². The predicted octanol–water partition coefficient (Wildman–Crippen LogP) is 1.22. The first kappa shape index (κ1) is 12.1. The first-order valence-corrected chi connectivity index (χ1v) is 4.79. The number of H-pyrrole nitrogens is 1. The molecule has 1 aromatic heterocycles. The van der Waals surface area contributed by atoms with E-state index in [1.165, 1.54) is 0 Å². The van der Waals surface area contributed by atoms with Crippen LogP contribution in [0.4, 0.5) is 14.7 Å². The summed E-state index contributed by atoms with van der Waals surface area (Å²) < 4.78 is 36.8. The van der Waals surface area contributed by atoms with Gasteiger partial charge < -0.3 is 20.2 Å². The number of halogens is 2. The summed E-state index contributed by atoms with van der Waals surface area (Å²) in [6, 6.07) is 0. The van der Waals surface area contributed by atoms with Crippen LogP contribution in [0.15, 0.2) is 0 Å². The lowest BCUT2D eigenvalue weighted by Crippen LogP contribution is -2.08. The fraction of sp³-hybridized carbons (Fsp3) is 0.200. The lowest BCUT2D eigenvalue weighted by Gasteiger charge is -2.08. The van der Waals surface area contributed by atoms with Gasteiger partial charge in [0.2, 0.25) is 0 Å². The Morgan fingerprint density at radius 3 is 2.56 bits per heavy atom. The zero-order valence-electron chi connectivity index (χ0n) is 9.51. The van der Waals surface area contributed by atoms with Crippen molar-refractivity contribution in [1.82, 2.24) is 9.97 Å². The Balaban J connectivity index is 2.93. The van der Waals surface area contributed by atoms with Crippen LogP contribution in [0.25, 0.3) is 11.0 Å². The van der Waals surface area contributed by atoms with Gasteiger partial charge in [-0.3, -0.25) is 0 Å². The average Bonchev–Trinajstić information content (AvgIpc) is 2.71. The summed E-state index contributed by atoms with van der Waals surface area (Å²) in [6.45, 7) is 0. The SMILES string of the molecule is COC(=O)c1c(F)c(OC)c(F)c2[nH]c(N)nc12. The molecule has 0 atom stereocenters. The molecule has 0 radical (unpaired) electrons. The molecule has 18 heavy (non-hydrogen) atoms. The molecule has 6 nitrogen and oxygen atoms in total. The van der Waals surface area contributed by atoms with Crippen LogP contribution in [0, 0.1) is 11.6 Å². The molecule has 2 rings (SSSR count). The van der Waals surface area contributed by atoms with Crippen LogP contribution in [0.5, 0.6) is 5.75 Å². The number of nitrogen functional groups attached to an aromatic ring is 1. The Kier molecular flexibility index (Phi) is 2.77. The van der Waals surface area contributed by atoms with E-state index in [1.807, 2.05) is 0 Å². The van der Waals surface area contributed by atoms with E-state index in [-0.39, 0.29) is 17.0 Å². The number of fused-ring (bicyclic) bond motifs is 1. The highest BCUT2D eigenvalue weighted by Crippen LogP contribution is 2.33. The van der Waals surface area contributed by atoms with Crippen molar-refractivity contribution in [3.63, 3.8) is 0 Å². The van der Waals surface area contributed by atoms with Gasteiger partial charge in [0.25, 0.3) is 0 Å². The number of aromatic nitrogens is 2. The third kappa shape index (κ3) is 1.53. The number of nitrogens with one attached hydrogen (secondary N) is 1. The van der Waals surface area contributed by atoms with Crippen LogP contribution < -0.4 is 10.5 Å². The van der Waals surface area contributed by atoms with Crippen molar-refractivity contribution in [2.24, 2.45) is 0 Å². The van der Waals surface area contributed by atoms with E-state index in [4.69, 9.17) is 5.73 Å². The lowest BCUT2D eigenvalue weighted by molar-refractivity contribution is 0.0596. The monoisotopic (exact) mass is 257 g/mol. The molecule has 0 aliphatic heterocycles. The maximum Gasteiger partial charge on any atom is 0.343 e. The quantitative estimate of drug-likeness (QED) is 0.789. The van der Waals surface area contributed by atoms with Gasteiger partial charge >= 0.3 is 5.97 Å². The van der Waals surface area contributed by atoms with Crippen LogP contribution >= 0.6 is 0 Å². The summed E-state index contributed by atoms with van der Waals surface area (Å²) in [5.41, 5.74) is 4.38. The van der Waals surface area contributed by atoms with Crippen LogP contribution in [-0.2, 0) is 4.74 Å². The number of esters is 1.